The number of amides is 1. The zero-order chi connectivity index (χ0) is 12.3. The molecule has 0 bridgehead atoms. The zero-order valence-electron chi connectivity index (χ0n) is 10.00. The van der Waals surface area contributed by atoms with Crippen LogP contribution in [-0.4, -0.2) is 34.5 Å². The molecular formula is C13H15N3O. The van der Waals surface area contributed by atoms with Crippen LogP contribution in [0.3, 0.4) is 0 Å². The molecule has 1 aromatic heterocycles. The summed E-state index contributed by atoms with van der Waals surface area (Å²) in [7, 11) is 3.50. The van der Waals surface area contributed by atoms with Crippen LogP contribution < -0.4 is 0 Å². The first-order valence-corrected chi connectivity index (χ1v) is 5.43. The highest BCUT2D eigenvalue weighted by atomic mass is 16.2. The molecule has 88 valence electrons. The first kappa shape index (κ1) is 11.4. The summed E-state index contributed by atoms with van der Waals surface area (Å²) in [5.74, 6) is 0.0270. The van der Waals surface area contributed by atoms with E-state index in [0.29, 0.717) is 5.56 Å². The maximum atomic E-state index is 11.7. The van der Waals surface area contributed by atoms with Gasteiger partial charge < -0.3 is 9.47 Å². The van der Waals surface area contributed by atoms with Crippen LogP contribution in [0.15, 0.2) is 43.0 Å². The van der Waals surface area contributed by atoms with Crippen molar-refractivity contribution in [3.8, 4) is 0 Å². The van der Waals surface area contributed by atoms with E-state index < -0.39 is 0 Å². The summed E-state index contributed by atoms with van der Waals surface area (Å²) in [4.78, 5) is 17.2. The van der Waals surface area contributed by atoms with Crippen LogP contribution in [0.1, 0.15) is 15.9 Å². The van der Waals surface area contributed by atoms with E-state index in [2.05, 4.69) is 4.98 Å². The number of imidazole rings is 1. The van der Waals surface area contributed by atoms with Crippen LogP contribution in [0.25, 0.3) is 0 Å². The maximum absolute atomic E-state index is 11.7. The van der Waals surface area contributed by atoms with Crippen LogP contribution in [0.5, 0.6) is 0 Å². The molecule has 0 aliphatic rings. The van der Waals surface area contributed by atoms with Crippen LogP contribution in [-0.2, 0) is 6.54 Å². The summed E-state index contributed by atoms with van der Waals surface area (Å²) in [5, 5.41) is 0. The van der Waals surface area contributed by atoms with E-state index >= 15 is 0 Å². The minimum absolute atomic E-state index is 0.0270. The van der Waals surface area contributed by atoms with Crippen molar-refractivity contribution in [3.63, 3.8) is 0 Å². The van der Waals surface area contributed by atoms with Crippen molar-refractivity contribution in [2.24, 2.45) is 0 Å². The Morgan fingerprint density at radius 2 is 2.00 bits per heavy atom. The Morgan fingerprint density at radius 1 is 1.29 bits per heavy atom. The van der Waals surface area contributed by atoms with Crippen molar-refractivity contribution in [1.82, 2.24) is 14.5 Å². The third kappa shape index (κ3) is 2.72. The second-order valence-corrected chi connectivity index (χ2v) is 4.13. The lowest BCUT2D eigenvalue weighted by atomic mass is 10.1. The van der Waals surface area contributed by atoms with Gasteiger partial charge in [0.05, 0.1) is 6.33 Å². The Balaban J connectivity index is 2.10. The minimum Gasteiger partial charge on any atom is -0.345 e. The fraction of sp³-hybridized carbons (Fsp3) is 0.231. The lowest BCUT2D eigenvalue weighted by Gasteiger charge is -2.10. The summed E-state index contributed by atoms with van der Waals surface area (Å²) in [5.41, 5.74) is 1.86. The normalized spacial score (nSPS) is 10.2. The summed E-state index contributed by atoms with van der Waals surface area (Å²) in [6.07, 6.45) is 5.45. The Hall–Kier alpha value is -2.10. The average Bonchev–Trinajstić information content (AvgIpc) is 2.82. The molecule has 1 amide bonds. The quantitative estimate of drug-likeness (QED) is 0.802. The molecule has 0 spiro atoms. The van der Waals surface area contributed by atoms with Crippen molar-refractivity contribution in [2.45, 2.75) is 6.54 Å². The Morgan fingerprint density at radius 3 is 2.53 bits per heavy atom. The van der Waals surface area contributed by atoms with Crippen molar-refractivity contribution in [2.75, 3.05) is 14.1 Å². The molecule has 4 heteroatoms. The third-order valence-corrected chi connectivity index (χ3v) is 2.53. The smallest absolute Gasteiger partial charge is 0.253 e. The highest BCUT2D eigenvalue weighted by Crippen LogP contribution is 2.07. The molecule has 0 saturated carbocycles. The standard InChI is InChI=1S/C13H15N3O/c1-15(2)13(17)12-5-3-11(4-6-12)9-16-8-7-14-10-16/h3-8,10H,9H2,1-2H3. The average molecular weight is 229 g/mol. The number of aromatic nitrogens is 2. The van der Waals surface area contributed by atoms with E-state index in [1.165, 1.54) is 0 Å². The molecule has 2 rings (SSSR count). The van der Waals surface area contributed by atoms with Gasteiger partial charge >= 0.3 is 0 Å². The molecule has 0 aliphatic heterocycles. The van der Waals surface area contributed by atoms with E-state index in [1.807, 2.05) is 35.0 Å². The Bertz CT molecular complexity index is 486. The predicted molar refractivity (Wildman–Crippen MR) is 65.8 cm³/mol. The van der Waals surface area contributed by atoms with Gasteiger partial charge in [-0.2, -0.15) is 0 Å². The second kappa shape index (κ2) is 4.82. The molecule has 0 aliphatic carbocycles. The number of nitrogens with zero attached hydrogens (tertiary/aromatic N) is 3. The topological polar surface area (TPSA) is 38.1 Å². The molecule has 0 saturated heterocycles. The largest absolute Gasteiger partial charge is 0.345 e. The van der Waals surface area contributed by atoms with Crippen molar-refractivity contribution < 1.29 is 4.79 Å². The van der Waals surface area contributed by atoms with Crippen LogP contribution in [0.2, 0.25) is 0 Å². The van der Waals surface area contributed by atoms with Gasteiger partial charge in [-0.3, -0.25) is 4.79 Å². The number of benzene rings is 1. The lowest BCUT2D eigenvalue weighted by Crippen LogP contribution is -2.21. The second-order valence-electron chi connectivity index (χ2n) is 4.13. The molecule has 0 N–H and O–H groups in total. The Labute approximate surface area is 101 Å². The molecule has 2 aromatic rings. The van der Waals surface area contributed by atoms with Crippen LogP contribution in [0.4, 0.5) is 0 Å². The van der Waals surface area contributed by atoms with E-state index in [9.17, 15) is 4.79 Å². The molecule has 1 aromatic carbocycles. The van der Waals surface area contributed by atoms with Gasteiger partial charge in [0.2, 0.25) is 0 Å². The fourth-order valence-corrected chi connectivity index (χ4v) is 1.60. The predicted octanol–water partition coefficient (Wildman–Crippen LogP) is 1.63. The van der Waals surface area contributed by atoms with Gasteiger partial charge in [0, 0.05) is 38.6 Å². The number of rotatable bonds is 3. The van der Waals surface area contributed by atoms with Gasteiger partial charge in [-0.05, 0) is 17.7 Å². The lowest BCUT2D eigenvalue weighted by molar-refractivity contribution is 0.0827. The van der Waals surface area contributed by atoms with Gasteiger partial charge in [0.15, 0.2) is 0 Å². The summed E-state index contributed by atoms with van der Waals surface area (Å²) in [6, 6.07) is 7.65. The third-order valence-electron chi connectivity index (χ3n) is 2.53. The van der Waals surface area contributed by atoms with Crippen LogP contribution in [0, 0.1) is 0 Å². The summed E-state index contributed by atoms with van der Waals surface area (Å²) < 4.78 is 1.99. The minimum atomic E-state index is 0.0270. The number of hydrogen-bond donors (Lipinski definition) is 0. The molecule has 0 radical (unpaired) electrons. The van der Waals surface area contributed by atoms with Gasteiger partial charge in [-0.25, -0.2) is 4.98 Å². The highest BCUT2D eigenvalue weighted by molar-refractivity contribution is 5.93. The molecular weight excluding hydrogens is 214 g/mol. The van der Waals surface area contributed by atoms with Gasteiger partial charge in [-0.15, -0.1) is 0 Å². The monoisotopic (exact) mass is 229 g/mol. The van der Waals surface area contributed by atoms with Crippen LogP contribution >= 0.6 is 0 Å². The van der Waals surface area contributed by atoms with Gasteiger partial charge in [0.25, 0.3) is 5.91 Å². The van der Waals surface area contributed by atoms with E-state index in [4.69, 9.17) is 0 Å². The first-order valence-electron chi connectivity index (χ1n) is 5.43. The van der Waals surface area contributed by atoms with Gasteiger partial charge in [0.1, 0.15) is 0 Å². The van der Waals surface area contributed by atoms with E-state index in [1.54, 1.807) is 31.5 Å². The molecule has 0 fully saturated rings. The summed E-state index contributed by atoms with van der Waals surface area (Å²) >= 11 is 0. The highest BCUT2D eigenvalue weighted by Gasteiger charge is 2.06. The molecule has 0 atom stereocenters. The van der Waals surface area contributed by atoms with E-state index in [-0.39, 0.29) is 5.91 Å². The molecule has 17 heavy (non-hydrogen) atoms. The first-order chi connectivity index (χ1) is 8.16. The van der Waals surface area contributed by atoms with Gasteiger partial charge in [-0.1, -0.05) is 12.1 Å². The summed E-state index contributed by atoms with van der Waals surface area (Å²) in [6.45, 7) is 0.774. The fourth-order valence-electron chi connectivity index (χ4n) is 1.60. The zero-order valence-corrected chi connectivity index (χ0v) is 10.00. The number of hydrogen-bond acceptors (Lipinski definition) is 2. The van der Waals surface area contributed by atoms with Crippen molar-refractivity contribution in [1.29, 1.82) is 0 Å². The Kier molecular flexibility index (Phi) is 3.23. The molecule has 4 nitrogen and oxygen atoms in total. The number of carbonyl (C=O) groups is 1. The molecule has 1 heterocycles. The van der Waals surface area contributed by atoms with Crippen molar-refractivity contribution >= 4 is 5.91 Å². The number of carbonyl (C=O) groups excluding carboxylic acids is 1. The van der Waals surface area contributed by atoms with Crippen molar-refractivity contribution in [3.05, 3.63) is 54.1 Å². The maximum Gasteiger partial charge on any atom is 0.253 e. The SMILES string of the molecule is CN(C)C(=O)c1ccc(Cn2ccnc2)cc1. The molecule has 0 unspecified atom stereocenters. The van der Waals surface area contributed by atoms with E-state index in [0.717, 1.165) is 12.1 Å².